The molecule has 2 atom stereocenters. The van der Waals surface area contributed by atoms with Gasteiger partial charge in [-0.05, 0) is 18.6 Å². The van der Waals surface area contributed by atoms with Crippen LogP contribution in [0.2, 0.25) is 0 Å². The molecular weight excluding hydrogens is 355 g/mol. The summed E-state index contributed by atoms with van der Waals surface area (Å²) in [6.45, 7) is 0.0189. The minimum atomic E-state index is -4.67. The van der Waals surface area contributed by atoms with E-state index in [-0.39, 0.29) is 49.7 Å². The summed E-state index contributed by atoms with van der Waals surface area (Å²) < 4.78 is 36.3. The van der Waals surface area contributed by atoms with Crippen molar-refractivity contribution in [1.82, 2.24) is 14.2 Å². The maximum Gasteiger partial charge on any atom is 1.00 e. The van der Waals surface area contributed by atoms with Crippen LogP contribution in [-0.2, 0) is 15.1 Å². The van der Waals surface area contributed by atoms with Crippen molar-refractivity contribution >= 4 is 28.1 Å². The third-order valence-electron chi connectivity index (χ3n) is 3.79. The average Bonchev–Trinajstić information content (AvgIpc) is 3.10. The number of fused-ring (bicyclic) bond motifs is 1. The number of hydrazine groups is 1. The van der Waals surface area contributed by atoms with Crippen LogP contribution in [0.3, 0.4) is 0 Å². The fourth-order valence-electron chi connectivity index (χ4n) is 2.77. The molecule has 1 aromatic heterocycles. The molecule has 0 aromatic carbocycles. The second-order valence-electron chi connectivity index (χ2n) is 5.04. The fraction of sp³-hybridized carbons (Fsp3) is 0.364. The van der Waals surface area contributed by atoms with Crippen LogP contribution in [0.25, 0.3) is 0 Å². The summed E-state index contributed by atoms with van der Waals surface area (Å²) >= 11 is 0. The Morgan fingerprint density at radius 2 is 2.12 bits per heavy atom. The normalized spacial score (nSPS) is 22.5. The van der Waals surface area contributed by atoms with E-state index in [9.17, 15) is 22.8 Å². The Hall–Kier alpha value is -1.44. The molecule has 0 aliphatic carbocycles. The smallest absolute Gasteiger partial charge is 1.00 e. The van der Waals surface area contributed by atoms with Gasteiger partial charge in [0.1, 0.15) is 6.04 Å². The number of urea groups is 1. The first-order valence-corrected chi connectivity index (χ1v) is 7.87. The largest absolute Gasteiger partial charge is 1.00 e. The van der Waals surface area contributed by atoms with E-state index >= 15 is 0 Å². The van der Waals surface area contributed by atoms with Crippen LogP contribution >= 0.6 is 0 Å². The first-order chi connectivity index (χ1) is 10.7. The number of imide groups is 1. The summed E-state index contributed by atoms with van der Waals surface area (Å²) in [7, 11) is -4.67. The van der Waals surface area contributed by atoms with Gasteiger partial charge < -0.3 is 10.7 Å². The summed E-state index contributed by atoms with van der Waals surface area (Å²) in [4.78, 5) is 37.1. The molecule has 3 rings (SSSR count). The number of rotatable bonds is 2. The van der Waals surface area contributed by atoms with Crippen molar-refractivity contribution in [1.29, 1.82) is 0 Å². The number of hydrogen-bond donors (Lipinski definition) is 2. The van der Waals surface area contributed by atoms with Crippen LogP contribution in [0.4, 0.5) is 4.79 Å². The van der Waals surface area contributed by atoms with E-state index in [1.54, 1.807) is 0 Å². The van der Waals surface area contributed by atoms with Gasteiger partial charge in [0, 0.05) is 6.54 Å². The van der Waals surface area contributed by atoms with Crippen molar-refractivity contribution in [2.24, 2.45) is 5.84 Å². The quantitative estimate of drug-likeness (QED) is 0.133. The molecule has 0 radical (unpaired) electrons. The Morgan fingerprint density at radius 1 is 1.46 bits per heavy atom. The summed E-state index contributed by atoms with van der Waals surface area (Å²) in [6, 6.07) is -0.121. The Labute approximate surface area is 160 Å². The number of carbonyl (C=O) groups is 3. The molecule has 3 heterocycles. The molecule has 126 valence electrons. The second-order valence-corrected chi connectivity index (χ2v) is 6.33. The number of likely N-dealkylation sites (tertiary alicyclic amines) is 1. The molecule has 0 saturated carbocycles. The molecule has 2 aliphatic heterocycles. The van der Waals surface area contributed by atoms with Crippen LogP contribution in [0.1, 0.15) is 18.4 Å². The number of hydrogen-bond acceptors (Lipinski definition) is 7. The molecule has 0 bridgehead atoms. The Kier molecular flexibility index (Phi) is 5.09. The van der Waals surface area contributed by atoms with Crippen LogP contribution in [-0.4, -0.2) is 63.7 Å². The van der Waals surface area contributed by atoms with Gasteiger partial charge >= 0.3 is 51.8 Å². The van der Waals surface area contributed by atoms with Gasteiger partial charge in [0.05, 0.1) is 12.3 Å². The van der Waals surface area contributed by atoms with Crippen LogP contribution < -0.4 is 35.4 Å². The number of carbonyl (C=O) groups excluding carboxylic acids is 3. The molecular formula is C11H13N4NaO7S. The molecule has 13 heteroatoms. The topological polar surface area (TPSA) is 154 Å². The SMILES string of the molecule is NN(C(=O)c1ccco1)C(=O)N1CC[C@@H]2[C@H]1C(=O)N2S(=O)(=O)O.[H-].[Na+]. The minimum Gasteiger partial charge on any atom is -1.00 e. The van der Waals surface area contributed by atoms with Gasteiger partial charge in [0.2, 0.25) is 0 Å². The standard InChI is InChI=1S/C11H12N4O7S.Na.H/c12-14(9(16)7-2-1-5-22-7)11(18)13-4-3-6-8(13)10(17)15(6)23(19,20)21;;/h1-2,5-6,8H,3-4,12H2,(H,19,20,21);;/q;+1;-1/t6-,8+;;/m1../s1. The van der Waals surface area contributed by atoms with E-state index in [2.05, 4.69) is 0 Å². The van der Waals surface area contributed by atoms with Crippen molar-refractivity contribution in [3.8, 4) is 0 Å². The van der Waals surface area contributed by atoms with E-state index in [1.165, 1.54) is 18.4 Å². The van der Waals surface area contributed by atoms with E-state index in [1.807, 2.05) is 0 Å². The van der Waals surface area contributed by atoms with Gasteiger partial charge in [-0.25, -0.2) is 14.9 Å². The maximum absolute atomic E-state index is 12.3. The molecule has 0 spiro atoms. The minimum absolute atomic E-state index is 0. The molecule has 4 amide bonds. The molecule has 2 aliphatic rings. The zero-order valence-corrected chi connectivity index (χ0v) is 15.3. The van der Waals surface area contributed by atoms with Gasteiger partial charge in [-0.15, -0.1) is 0 Å². The van der Waals surface area contributed by atoms with Gasteiger partial charge in [0.25, 0.3) is 5.91 Å². The van der Waals surface area contributed by atoms with E-state index in [0.717, 1.165) is 4.90 Å². The molecule has 3 N–H and O–H groups in total. The predicted octanol–water partition coefficient (Wildman–Crippen LogP) is -4.08. The van der Waals surface area contributed by atoms with Crippen LogP contribution in [0.5, 0.6) is 0 Å². The van der Waals surface area contributed by atoms with Gasteiger partial charge in [0.15, 0.2) is 5.76 Å². The van der Waals surface area contributed by atoms with Crippen molar-refractivity contribution in [3.05, 3.63) is 24.2 Å². The Balaban J connectivity index is 0.00000156. The number of nitrogens with zero attached hydrogens (tertiary/aromatic N) is 3. The van der Waals surface area contributed by atoms with Crippen molar-refractivity contribution in [2.75, 3.05) is 6.54 Å². The predicted molar refractivity (Wildman–Crippen MR) is 72.9 cm³/mol. The summed E-state index contributed by atoms with van der Waals surface area (Å²) in [5, 5.41) is 0.296. The zero-order valence-electron chi connectivity index (χ0n) is 13.5. The molecule has 2 saturated heterocycles. The van der Waals surface area contributed by atoms with Crippen molar-refractivity contribution < 1.29 is 62.8 Å². The maximum atomic E-state index is 12.3. The van der Waals surface area contributed by atoms with Crippen LogP contribution in [0, 0.1) is 0 Å². The number of nitrogens with two attached hydrogens (primary N) is 1. The van der Waals surface area contributed by atoms with E-state index in [4.69, 9.17) is 14.8 Å². The number of β-lactam (4-membered cyclic amide) rings is 1. The molecule has 11 nitrogen and oxygen atoms in total. The molecule has 1 aromatic rings. The van der Waals surface area contributed by atoms with Crippen molar-refractivity contribution in [2.45, 2.75) is 18.5 Å². The third kappa shape index (κ3) is 2.85. The monoisotopic (exact) mass is 368 g/mol. The first-order valence-electron chi connectivity index (χ1n) is 6.47. The third-order valence-corrected chi connectivity index (χ3v) is 4.74. The van der Waals surface area contributed by atoms with Gasteiger partial charge in [-0.3, -0.25) is 14.1 Å². The summed E-state index contributed by atoms with van der Waals surface area (Å²) in [5.41, 5.74) is 0. The van der Waals surface area contributed by atoms with Gasteiger partial charge in [-0.2, -0.15) is 13.4 Å². The fourth-order valence-corrected chi connectivity index (χ4v) is 3.67. The first kappa shape index (κ1) is 18.9. The molecule has 24 heavy (non-hydrogen) atoms. The average molecular weight is 368 g/mol. The number of amides is 4. The van der Waals surface area contributed by atoms with Crippen molar-refractivity contribution in [3.63, 3.8) is 0 Å². The van der Waals surface area contributed by atoms with E-state index in [0.29, 0.717) is 9.31 Å². The molecule has 0 unspecified atom stereocenters. The Bertz CT molecular complexity index is 786. The summed E-state index contributed by atoms with van der Waals surface area (Å²) in [5.74, 6) is 3.47. The molecule has 2 fully saturated rings. The van der Waals surface area contributed by atoms with E-state index < -0.39 is 40.2 Å². The summed E-state index contributed by atoms with van der Waals surface area (Å²) in [6.07, 6.45) is 1.38. The van der Waals surface area contributed by atoms with Gasteiger partial charge in [-0.1, -0.05) is 0 Å². The number of furan rings is 1. The zero-order chi connectivity index (χ0) is 16.9. The Morgan fingerprint density at radius 3 is 2.67 bits per heavy atom. The van der Waals surface area contributed by atoms with Crippen LogP contribution in [0.15, 0.2) is 22.8 Å². The second kappa shape index (κ2) is 6.46.